The van der Waals surface area contributed by atoms with Crippen molar-refractivity contribution in [2.24, 2.45) is 11.8 Å². The van der Waals surface area contributed by atoms with Crippen LogP contribution in [0.1, 0.15) is 64.7 Å². The summed E-state index contributed by atoms with van der Waals surface area (Å²) in [6, 6.07) is 2.57. The highest BCUT2D eigenvalue weighted by atomic mass is 15.2. The molecule has 2 aliphatic heterocycles. The van der Waals surface area contributed by atoms with Crippen LogP contribution < -0.4 is 5.32 Å². The van der Waals surface area contributed by atoms with Gasteiger partial charge in [-0.1, -0.05) is 26.2 Å². The highest BCUT2D eigenvalue weighted by Crippen LogP contribution is 2.37. The van der Waals surface area contributed by atoms with Crippen LogP contribution in [-0.2, 0) is 0 Å². The van der Waals surface area contributed by atoms with Gasteiger partial charge in [0.05, 0.1) is 0 Å². The third-order valence-corrected chi connectivity index (χ3v) is 6.05. The molecule has 3 aliphatic rings. The molecule has 0 aromatic carbocycles. The van der Waals surface area contributed by atoms with E-state index in [1.807, 2.05) is 0 Å². The molecule has 2 saturated heterocycles. The Hall–Kier alpha value is -0.0800. The second kappa shape index (κ2) is 6.13. The van der Waals surface area contributed by atoms with Gasteiger partial charge in [-0.2, -0.15) is 0 Å². The minimum absolute atomic E-state index is 0.789. The lowest BCUT2D eigenvalue weighted by Gasteiger charge is -2.50. The van der Waals surface area contributed by atoms with Crippen molar-refractivity contribution in [3.63, 3.8) is 0 Å². The van der Waals surface area contributed by atoms with Gasteiger partial charge in [0.1, 0.15) is 0 Å². The van der Waals surface area contributed by atoms with E-state index >= 15 is 0 Å². The van der Waals surface area contributed by atoms with E-state index in [0.717, 1.165) is 30.0 Å². The average molecular weight is 264 g/mol. The first kappa shape index (κ1) is 13.9. The van der Waals surface area contributed by atoms with E-state index in [0.29, 0.717) is 0 Å². The number of piperidine rings is 2. The van der Waals surface area contributed by atoms with Gasteiger partial charge in [0, 0.05) is 24.7 Å². The molecule has 0 aromatic heterocycles. The van der Waals surface area contributed by atoms with Crippen LogP contribution in [0.25, 0.3) is 0 Å². The van der Waals surface area contributed by atoms with Crippen LogP contribution in [0.2, 0.25) is 0 Å². The molecule has 110 valence electrons. The monoisotopic (exact) mass is 264 g/mol. The van der Waals surface area contributed by atoms with Crippen LogP contribution in [0, 0.1) is 11.8 Å². The molecule has 4 atom stereocenters. The summed E-state index contributed by atoms with van der Waals surface area (Å²) in [5, 5.41) is 3.54. The van der Waals surface area contributed by atoms with E-state index in [1.165, 1.54) is 64.3 Å². The zero-order chi connectivity index (χ0) is 13.2. The zero-order valence-electron chi connectivity index (χ0n) is 12.9. The van der Waals surface area contributed by atoms with Crippen LogP contribution >= 0.6 is 0 Å². The van der Waals surface area contributed by atoms with Gasteiger partial charge in [0.25, 0.3) is 0 Å². The Balaban J connectivity index is 1.60. The SMILES string of the molecule is CNC1CC2CCCC(C1)N2CC1CCCC(C)C1. The lowest BCUT2D eigenvalue weighted by Crippen LogP contribution is -2.57. The minimum Gasteiger partial charge on any atom is -0.317 e. The van der Waals surface area contributed by atoms with Gasteiger partial charge >= 0.3 is 0 Å². The van der Waals surface area contributed by atoms with Crippen molar-refractivity contribution >= 4 is 0 Å². The fourth-order valence-electron chi connectivity index (χ4n) is 5.04. The van der Waals surface area contributed by atoms with Crippen molar-refractivity contribution in [1.29, 1.82) is 0 Å². The van der Waals surface area contributed by atoms with Gasteiger partial charge < -0.3 is 5.32 Å². The maximum Gasteiger partial charge on any atom is 0.0113 e. The van der Waals surface area contributed by atoms with Crippen molar-refractivity contribution in [2.75, 3.05) is 13.6 Å². The molecule has 0 aromatic rings. The molecule has 2 heteroatoms. The van der Waals surface area contributed by atoms with Crippen molar-refractivity contribution in [1.82, 2.24) is 10.2 Å². The lowest BCUT2D eigenvalue weighted by molar-refractivity contribution is 0.00648. The topological polar surface area (TPSA) is 15.3 Å². The van der Waals surface area contributed by atoms with Gasteiger partial charge in [-0.05, 0) is 57.4 Å². The summed E-state index contributed by atoms with van der Waals surface area (Å²) in [4.78, 5) is 2.93. The molecule has 3 rings (SSSR count). The predicted molar refractivity (Wildman–Crippen MR) is 81.3 cm³/mol. The van der Waals surface area contributed by atoms with Crippen LogP contribution in [0.5, 0.6) is 0 Å². The van der Waals surface area contributed by atoms with E-state index in [-0.39, 0.29) is 0 Å². The predicted octanol–water partition coefficient (Wildman–Crippen LogP) is 3.42. The van der Waals surface area contributed by atoms with Crippen molar-refractivity contribution in [3.8, 4) is 0 Å². The van der Waals surface area contributed by atoms with Gasteiger partial charge in [-0.15, -0.1) is 0 Å². The van der Waals surface area contributed by atoms with Crippen LogP contribution in [-0.4, -0.2) is 36.6 Å². The molecule has 1 saturated carbocycles. The largest absolute Gasteiger partial charge is 0.317 e. The summed E-state index contributed by atoms with van der Waals surface area (Å²) >= 11 is 0. The number of fused-ring (bicyclic) bond motifs is 2. The highest BCUT2D eigenvalue weighted by Gasteiger charge is 2.38. The van der Waals surface area contributed by atoms with E-state index in [1.54, 1.807) is 0 Å². The maximum absolute atomic E-state index is 3.54. The van der Waals surface area contributed by atoms with Gasteiger partial charge in [-0.3, -0.25) is 4.90 Å². The van der Waals surface area contributed by atoms with Gasteiger partial charge in [0.15, 0.2) is 0 Å². The van der Waals surface area contributed by atoms with Crippen molar-refractivity contribution in [3.05, 3.63) is 0 Å². The highest BCUT2D eigenvalue weighted by molar-refractivity contribution is 4.95. The van der Waals surface area contributed by atoms with Crippen LogP contribution in [0.3, 0.4) is 0 Å². The lowest BCUT2D eigenvalue weighted by atomic mass is 9.78. The Morgan fingerprint density at radius 2 is 1.63 bits per heavy atom. The summed E-state index contributed by atoms with van der Waals surface area (Å²) in [5.41, 5.74) is 0. The zero-order valence-corrected chi connectivity index (χ0v) is 12.9. The maximum atomic E-state index is 3.54. The Morgan fingerprint density at radius 1 is 0.947 bits per heavy atom. The molecule has 2 bridgehead atoms. The molecule has 3 fully saturated rings. The first-order valence-corrected chi connectivity index (χ1v) is 8.69. The molecule has 0 spiro atoms. The fraction of sp³-hybridized carbons (Fsp3) is 1.00. The van der Waals surface area contributed by atoms with Gasteiger partial charge in [-0.25, -0.2) is 0 Å². The smallest absolute Gasteiger partial charge is 0.0113 e. The molecule has 0 amide bonds. The second-order valence-corrected chi connectivity index (χ2v) is 7.53. The number of nitrogens with zero attached hydrogens (tertiary/aromatic N) is 1. The minimum atomic E-state index is 0.789. The number of hydrogen-bond acceptors (Lipinski definition) is 2. The number of rotatable bonds is 3. The Bertz CT molecular complexity index is 277. The normalized spacial score (nSPS) is 44.2. The number of nitrogens with one attached hydrogen (secondary N) is 1. The molecule has 19 heavy (non-hydrogen) atoms. The molecule has 2 heterocycles. The quantitative estimate of drug-likeness (QED) is 0.840. The second-order valence-electron chi connectivity index (χ2n) is 7.53. The summed E-state index contributed by atoms with van der Waals surface area (Å²) < 4.78 is 0. The molecular weight excluding hydrogens is 232 g/mol. The molecule has 1 N–H and O–H groups in total. The average Bonchev–Trinajstić information content (AvgIpc) is 2.38. The Labute approximate surface area is 119 Å². The summed E-state index contributed by atoms with van der Waals surface area (Å²) in [7, 11) is 2.15. The molecule has 0 radical (unpaired) electrons. The first-order valence-electron chi connectivity index (χ1n) is 8.69. The number of hydrogen-bond donors (Lipinski definition) is 1. The molecule has 1 aliphatic carbocycles. The van der Waals surface area contributed by atoms with Gasteiger partial charge in [0.2, 0.25) is 0 Å². The summed E-state index contributed by atoms with van der Waals surface area (Å²) in [5.74, 6) is 1.98. The van der Waals surface area contributed by atoms with Crippen molar-refractivity contribution in [2.45, 2.75) is 82.8 Å². The molecule has 4 unspecified atom stereocenters. The van der Waals surface area contributed by atoms with Crippen molar-refractivity contribution < 1.29 is 0 Å². The summed E-state index contributed by atoms with van der Waals surface area (Å²) in [6.45, 7) is 3.87. The Morgan fingerprint density at radius 3 is 2.26 bits per heavy atom. The molecular formula is C17H32N2. The third-order valence-electron chi connectivity index (χ3n) is 6.05. The molecule has 2 nitrogen and oxygen atoms in total. The van der Waals surface area contributed by atoms with Crippen LogP contribution in [0.4, 0.5) is 0 Å². The Kier molecular flexibility index (Phi) is 4.48. The standard InChI is InChI=1S/C17H32N2/c1-13-5-3-6-14(9-13)12-19-16-7-4-8-17(19)11-15(10-16)18-2/h13-18H,3-12H2,1-2H3. The van der Waals surface area contributed by atoms with E-state index in [4.69, 9.17) is 0 Å². The summed E-state index contributed by atoms with van der Waals surface area (Å²) in [6.07, 6.45) is 13.1. The van der Waals surface area contributed by atoms with E-state index in [2.05, 4.69) is 24.2 Å². The fourth-order valence-corrected chi connectivity index (χ4v) is 5.04. The van der Waals surface area contributed by atoms with Crippen LogP contribution in [0.15, 0.2) is 0 Å². The third kappa shape index (κ3) is 3.16. The van der Waals surface area contributed by atoms with E-state index < -0.39 is 0 Å². The first-order chi connectivity index (χ1) is 9.26. The van der Waals surface area contributed by atoms with E-state index in [9.17, 15) is 0 Å².